The van der Waals surface area contributed by atoms with Crippen LogP contribution in [-0.2, 0) is 4.79 Å². The Morgan fingerprint density at radius 1 is 1.14 bits per heavy atom. The molecule has 10 heteroatoms. The molecule has 0 bridgehead atoms. The van der Waals surface area contributed by atoms with E-state index in [1.807, 2.05) is 0 Å². The highest BCUT2D eigenvalue weighted by molar-refractivity contribution is 7.99. The van der Waals surface area contributed by atoms with Crippen LogP contribution >= 0.6 is 11.8 Å². The Kier molecular flexibility index (Phi) is 4.48. The first kappa shape index (κ1) is 14.9. The van der Waals surface area contributed by atoms with Gasteiger partial charge in [0.05, 0.1) is 5.75 Å². The molecular formula is C11H10F2N6OS. The van der Waals surface area contributed by atoms with Gasteiger partial charge in [-0.1, -0.05) is 17.8 Å². The molecule has 0 saturated heterocycles. The first-order valence-corrected chi connectivity index (χ1v) is 6.58. The number of carbonyl (C=O) groups excluding carboxylic acids is 1. The molecule has 110 valence electrons. The van der Waals surface area contributed by atoms with Gasteiger partial charge in [0.15, 0.2) is 5.16 Å². The van der Waals surface area contributed by atoms with Crippen molar-refractivity contribution in [3.8, 4) is 0 Å². The molecule has 0 atom stereocenters. The number of nitrogens with two attached hydrogens (primary N) is 2. The van der Waals surface area contributed by atoms with Gasteiger partial charge in [-0.05, 0) is 12.1 Å². The SMILES string of the molecule is Nc1nc(N)nc(SCC(=O)Nc2c(F)cccc2F)n1. The lowest BCUT2D eigenvalue weighted by atomic mass is 10.3. The quantitative estimate of drug-likeness (QED) is 0.721. The summed E-state index contributed by atoms with van der Waals surface area (Å²) in [5, 5.41) is 2.28. The number of nitrogen functional groups attached to an aromatic ring is 2. The summed E-state index contributed by atoms with van der Waals surface area (Å²) < 4.78 is 26.7. The Morgan fingerprint density at radius 3 is 2.29 bits per heavy atom. The number of benzene rings is 1. The molecule has 0 aliphatic heterocycles. The molecule has 0 fully saturated rings. The lowest BCUT2D eigenvalue weighted by Crippen LogP contribution is -2.16. The fourth-order valence-electron chi connectivity index (χ4n) is 1.38. The normalized spacial score (nSPS) is 10.4. The Balaban J connectivity index is 1.99. The highest BCUT2D eigenvalue weighted by Crippen LogP contribution is 2.19. The predicted molar refractivity (Wildman–Crippen MR) is 74.4 cm³/mol. The van der Waals surface area contributed by atoms with Crippen molar-refractivity contribution in [3.63, 3.8) is 0 Å². The number of thioether (sulfide) groups is 1. The van der Waals surface area contributed by atoms with Crippen molar-refractivity contribution in [2.45, 2.75) is 5.16 Å². The Bertz CT molecular complexity index is 643. The van der Waals surface area contributed by atoms with Crippen molar-refractivity contribution in [1.29, 1.82) is 0 Å². The van der Waals surface area contributed by atoms with Crippen LogP contribution in [0.15, 0.2) is 23.4 Å². The van der Waals surface area contributed by atoms with Crippen LogP contribution < -0.4 is 16.8 Å². The molecule has 1 amide bonds. The smallest absolute Gasteiger partial charge is 0.235 e. The van der Waals surface area contributed by atoms with Gasteiger partial charge in [0, 0.05) is 0 Å². The first-order valence-electron chi connectivity index (χ1n) is 5.59. The molecule has 0 spiro atoms. The topological polar surface area (TPSA) is 120 Å². The molecule has 0 saturated carbocycles. The molecule has 1 aromatic carbocycles. The van der Waals surface area contributed by atoms with Crippen LogP contribution in [0.4, 0.5) is 26.4 Å². The van der Waals surface area contributed by atoms with Crippen LogP contribution in [0.2, 0.25) is 0 Å². The highest BCUT2D eigenvalue weighted by Gasteiger charge is 2.13. The van der Waals surface area contributed by atoms with Gasteiger partial charge in [0.2, 0.25) is 17.8 Å². The summed E-state index contributed by atoms with van der Waals surface area (Å²) in [5.41, 5.74) is 10.2. The Hall–Kier alpha value is -2.49. The molecule has 0 unspecified atom stereocenters. The van der Waals surface area contributed by atoms with Gasteiger partial charge in [0.25, 0.3) is 0 Å². The third kappa shape index (κ3) is 3.99. The van der Waals surface area contributed by atoms with Crippen LogP contribution in [0.5, 0.6) is 0 Å². The number of aromatic nitrogens is 3. The summed E-state index contributed by atoms with van der Waals surface area (Å²) in [6.07, 6.45) is 0. The van der Waals surface area contributed by atoms with E-state index >= 15 is 0 Å². The molecule has 7 nitrogen and oxygen atoms in total. The number of nitrogens with one attached hydrogen (secondary N) is 1. The number of hydrogen-bond acceptors (Lipinski definition) is 7. The summed E-state index contributed by atoms with van der Waals surface area (Å²) in [4.78, 5) is 22.8. The van der Waals surface area contributed by atoms with E-state index in [4.69, 9.17) is 11.5 Å². The molecule has 0 aliphatic carbocycles. The average molecular weight is 312 g/mol. The second-order valence-corrected chi connectivity index (χ2v) is 4.71. The lowest BCUT2D eigenvalue weighted by Gasteiger charge is -2.07. The van der Waals surface area contributed by atoms with Gasteiger partial charge in [-0.15, -0.1) is 0 Å². The van der Waals surface area contributed by atoms with Gasteiger partial charge in [0.1, 0.15) is 17.3 Å². The van der Waals surface area contributed by atoms with E-state index in [1.54, 1.807) is 0 Å². The average Bonchev–Trinajstić information content (AvgIpc) is 2.40. The number of rotatable bonds is 4. The van der Waals surface area contributed by atoms with E-state index in [0.29, 0.717) is 0 Å². The molecule has 2 aromatic rings. The van der Waals surface area contributed by atoms with Gasteiger partial charge >= 0.3 is 0 Å². The third-order valence-electron chi connectivity index (χ3n) is 2.21. The van der Waals surface area contributed by atoms with Gasteiger partial charge < -0.3 is 16.8 Å². The number of hydrogen-bond donors (Lipinski definition) is 3. The fourth-order valence-corrected chi connectivity index (χ4v) is 2.02. The van der Waals surface area contributed by atoms with Crippen LogP contribution in [0, 0.1) is 11.6 Å². The van der Waals surface area contributed by atoms with Crippen LogP contribution in [0.1, 0.15) is 0 Å². The molecule has 21 heavy (non-hydrogen) atoms. The number of para-hydroxylation sites is 1. The minimum atomic E-state index is -0.859. The largest absolute Gasteiger partial charge is 0.368 e. The number of amides is 1. The van der Waals surface area contributed by atoms with Crippen molar-refractivity contribution in [3.05, 3.63) is 29.8 Å². The summed E-state index contributed by atoms with van der Waals surface area (Å²) in [5.74, 6) is -2.67. The Morgan fingerprint density at radius 2 is 1.71 bits per heavy atom. The maximum absolute atomic E-state index is 13.4. The van der Waals surface area contributed by atoms with Crippen molar-refractivity contribution in [1.82, 2.24) is 15.0 Å². The summed E-state index contributed by atoms with van der Waals surface area (Å²) in [6.45, 7) is 0. The van der Waals surface area contributed by atoms with Crippen LogP contribution in [0.25, 0.3) is 0 Å². The number of carbonyl (C=O) groups is 1. The van der Waals surface area contributed by atoms with E-state index in [1.165, 1.54) is 6.07 Å². The summed E-state index contributed by atoms with van der Waals surface area (Å²) >= 11 is 0.909. The first-order chi connectivity index (χ1) is 9.95. The highest BCUT2D eigenvalue weighted by atomic mass is 32.2. The molecular weight excluding hydrogens is 302 g/mol. The number of anilines is 3. The summed E-state index contributed by atoms with van der Waals surface area (Å²) in [6, 6.07) is 3.28. The molecule has 2 rings (SSSR count). The number of nitrogens with zero attached hydrogens (tertiary/aromatic N) is 3. The standard InChI is InChI=1S/C11H10F2N6OS/c12-5-2-1-3-6(13)8(5)16-7(20)4-21-11-18-9(14)17-10(15)19-11/h1-3H,4H2,(H,16,20)(H4,14,15,17,18,19). The van der Waals surface area contributed by atoms with E-state index in [-0.39, 0.29) is 22.8 Å². The maximum atomic E-state index is 13.4. The fraction of sp³-hybridized carbons (Fsp3) is 0.0909. The van der Waals surface area contributed by atoms with E-state index in [9.17, 15) is 13.6 Å². The van der Waals surface area contributed by atoms with Gasteiger partial charge in [-0.2, -0.15) is 15.0 Å². The zero-order chi connectivity index (χ0) is 15.4. The summed E-state index contributed by atoms with van der Waals surface area (Å²) in [7, 11) is 0. The minimum absolute atomic E-state index is 0.0782. The number of halogens is 2. The van der Waals surface area contributed by atoms with E-state index < -0.39 is 23.2 Å². The second-order valence-electron chi connectivity index (χ2n) is 3.77. The molecule has 5 N–H and O–H groups in total. The monoisotopic (exact) mass is 312 g/mol. The van der Waals surface area contributed by atoms with Gasteiger partial charge in [-0.3, -0.25) is 4.79 Å². The Labute approximate surface area is 122 Å². The maximum Gasteiger partial charge on any atom is 0.235 e. The van der Waals surface area contributed by atoms with Crippen molar-refractivity contribution < 1.29 is 13.6 Å². The lowest BCUT2D eigenvalue weighted by molar-refractivity contribution is -0.113. The predicted octanol–water partition coefficient (Wildman–Crippen LogP) is 1.04. The zero-order valence-corrected chi connectivity index (χ0v) is 11.3. The van der Waals surface area contributed by atoms with E-state index in [0.717, 1.165) is 23.9 Å². The van der Waals surface area contributed by atoms with Crippen molar-refractivity contribution in [2.24, 2.45) is 0 Å². The zero-order valence-electron chi connectivity index (χ0n) is 10.5. The molecule has 1 heterocycles. The van der Waals surface area contributed by atoms with Crippen LogP contribution in [0.3, 0.4) is 0 Å². The minimum Gasteiger partial charge on any atom is -0.368 e. The van der Waals surface area contributed by atoms with E-state index in [2.05, 4.69) is 20.3 Å². The molecule has 0 aliphatic rings. The third-order valence-corrected chi connectivity index (χ3v) is 3.06. The second kappa shape index (κ2) is 6.31. The van der Waals surface area contributed by atoms with Crippen LogP contribution in [-0.4, -0.2) is 26.6 Å². The van der Waals surface area contributed by atoms with Crippen molar-refractivity contribution >= 4 is 35.3 Å². The van der Waals surface area contributed by atoms with Gasteiger partial charge in [-0.25, -0.2) is 8.78 Å². The molecule has 0 radical (unpaired) electrons. The van der Waals surface area contributed by atoms with Crippen molar-refractivity contribution in [2.75, 3.05) is 22.5 Å². The molecule has 1 aromatic heterocycles.